The highest BCUT2D eigenvalue weighted by atomic mass is 16.2. The maximum absolute atomic E-state index is 11.6. The zero-order valence-electron chi connectivity index (χ0n) is 12.1. The van der Waals surface area contributed by atoms with E-state index in [0.717, 1.165) is 0 Å². The molecular weight excluding hydrogens is 296 g/mol. The predicted octanol–water partition coefficient (Wildman–Crippen LogP) is 0.441. The highest BCUT2D eigenvalue weighted by Crippen LogP contribution is 2.30. The molecule has 2 aromatic carbocycles. The van der Waals surface area contributed by atoms with Crippen LogP contribution in [0.1, 0.15) is 15.9 Å². The smallest absolute Gasteiger partial charge is 0.314 e. The van der Waals surface area contributed by atoms with Crippen LogP contribution < -0.4 is 22.6 Å². The molecule has 0 fully saturated rings. The number of carbonyl (C=O) groups is 1. The first-order valence-electron chi connectivity index (χ1n) is 6.90. The number of rotatable bonds is 3. The third-order valence-electron chi connectivity index (χ3n) is 3.69. The topological polar surface area (TPSA) is 135 Å². The number of aromatic nitrogens is 2. The van der Waals surface area contributed by atoms with E-state index in [0.29, 0.717) is 33.3 Å². The molecule has 1 aromatic heterocycles. The van der Waals surface area contributed by atoms with Crippen LogP contribution in [-0.4, -0.2) is 15.9 Å². The molecular formula is C16H14N4O3. The van der Waals surface area contributed by atoms with E-state index in [1.54, 1.807) is 36.4 Å². The Hall–Kier alpha value is -3.19. The Labute approximate surface area is 130 Å². The van der Waals surface area contributed by atoms with E-state index in [1.807, 2.05) is 0 Å². The summed E-state index contributed by atoms with van der Waals surface area (Å²) < 4.78 is 0. The Bertz CT molecular complexity index is 1030. The molecule has 0 atom stereocenters. The Morgan fingerprint density at radius 1 is 0.957 bits per heavy atom. The number of carbonyl (C=O) groups excluding carboxylic acids is 1. The Kier molecular flexibility index (Phi) is 3.55. The molecule has 0 unspecified atom stereocenters. The molecule has 7 nitrogen and oxygen atoms in total. The average molecular weight is 310 g/mol. The molecule has 3 rings (SSSR count). The lowest BCUT2D eigenvalue weighted by Crippen LogP contribution is -2.29. The maximum Gasteiger partial charge on any atom is 0.314 e. The highest BCUT2D eigenvalue weighted by molar-refractivity contribution is 6.01. The number of hydrogen-bond acceptors (Lipinski definition) is 4. The van der Waals surface area contributed by atoms with Crippen molar-refractivity contribution in [2.24, 2.45) is 11.5 Å². The van der Waals surface area contributed by atoms with E-state index >= 15 is 0 Å². The van der Waals surface area contributed by atoms with E-state index in [4.69, 9.17) is 11.5 Å². The van der Waals surface area contributed by atoms with Gasteiger partial charge < -0.3 is 21.4 Å². The Balaban J connectivity index is 2.40. The normalized spacial score (nSPS) is 10.8. The van der Waals surface area contributed by atoms with E-state index in [-0.39, 0.29) is 6.54 Å². The summed E-state index contributed by atoms with van der Waals surface area (Å²) in [5, 5.41) is 0. The van der Waals surface area contributed by atoms with Crippen molar-refractivity contribution in [3.63, 3.8) is 0 Å². The summed E-state index contributed by atoms with van der Waals surface area (Å²) in [5.41, 5.74) is 12.9. The van der Waals surface area contributed by atoms with E-state index < -0.39 is 17.0 Å². The molecule has 3 aromatic rings. The standard InChI is InChI=1S/C16H14N4O3/c17-7-11-9(8-3-1-2-4-10(8)14(18)21)5-6-12-13(11)20-16(23)15(22)19-12/h1-6H,7,17H2,(H2,18,21)(H,19,22)(H,20,23). The molecule has 1 amide bonds. The number of fused-ring (bicyclic) bond motifs is 1. The molecule has 0 aliphatic carbocycles. The molecule has 0 radical (unpaired) electrons. The largest absolute Gasteiger partial charge is 0.366 e. The van der Waals surface area contributed by atoms with Crippen molar-refractivity contribution in [2.45, 2.75) is 6.54 Å². The highest BCUT2D eigenvalue weighted by Gasteiger charge is 2.15. The first-order valence-corrected chi connectivity index (χ1v) is 6.90. The molecule has 0 aliphatic heterocycles. The monoisotopic (exact) mass is 310 g/mol. The lowest BCUT2D eigenvalue weighted by molar-refractivity contribution is 0.100. The second-order valence-corrected chi connectivity index (χ2v) is 5.04. The minimum Gasteiger partial charge on any atom is -0.366 e. The van der Waals surface area contributed by atoms with E-state index in [2.05, 4.69) is 9.97 Å². The third-order valence-corrected chi connectivity index (χ3v) is 3.69. The molecule has 7 heteroatoms. The van der Waals surface area contributed by atoms with Gasteiger partial charge >= 0.3 is 11.1 Å². The number of aromatic amines is 2. The van der Waals surface area contributed by atoms with Crippen LogP contribution in [0.25, 0.3) is 22.2 Å². The second kappa shape index (κ2) is 5.54. The van der Waals surface area contributed by atoms with Crippen LogP contribution >= 0.6 is 0 Å². The van der Waals surface area contributed by atoms with Crippen LogP contribution in [0.15, 0.2) is 46.0 Å². The molecule has 23 heavy (non-hydrogen) atoms. The third kappa shape index (κ3) is 2.43. The SMILES string of the molecule is NCc1c(-c2ccccc2C(N)=O)ccc2[nH]c(=O)c(=O)[nH]c12. The zero-order valence-corrected chi connectivity index (χ0v) is 12.1. The molecule has 0 saturated heterocycles. The van der Waals surface area contributed by atoms with E-state index in [1.165, 1.54) is 0 Å². The van der Waals surface area contributed by atoms with Gasteiger partial charge in [0, 0.05) is 12.1 Å². The van der Waals surface area contributed by atoms with Crippen molar-refractivity contribution < 1.29 is 4.79 Å². The van der Waals surface area contributed by atoms with Crippen molar-refractivity contribution >= 4 is 16.9 Å². The van der Waals surface area contributed by atoms with Gasteiger partial charge in [-0.25, -0.2) is 0 Å². The van der Waals surface area contributed by atoms with Crippen LogP contribution in [0.5, 0.6) is 0 Å². The van der Waals surface area contributed by atoms with Gasteiger partial charge in [0.2, 0.25) is 5.91 Å². The maximum atomic E-state index is 11.6. The van der Waals surface area contributed by atoms with Gasteiger partial charge in [0.15, 0.2) is 0 Å². The summed E-state index contributed by atoms with van der Waals surface area (Å²) in [7, 11) is 0. The lowest BCUT2D eigenvalue weighted by Gasteiger charge is -2.13. The minimum absolute atomic E-state index is 0.113. The Morgan fingerprint density at radius 2 is 1.65 bits per heavy atom. The van der Waals surface area contributed by atoms with Crippen molar-refractivity contribution in [3.8, 4) is 11.1 Å². The van der Waals surface area contributed by atoms with Gasteiger partial charge in [-0.15, -0.1) is 0 Å². The van der Waals surface area contributed by atoms with Gasteiger partial charge in [0.25, 0.3) is 0 Å². The minimum atomic E-state index is -0.757. The second-order valence-electron chi connectivity index (χ2n) is 5.04. The molecule has 6 N–H and O–H groups in total. The number of H-pyrrole nitrogens is 2. The van der Waals surface area contributed by atoms with E-state index in [9.17, 15) is 14.4 Å². The Morgan fingerprint density at radius 3 is 2.35 bits per heavy atom. The van der Waals surface area contributed by atoms with Crippen LogP contribution in [0.3, 0.4) is 0 Å². The molecule has 1 heterocycles. The first kappa shape index (κ1) is 14.7. The number of nitrogens with one attached hydrogen (secondary N) is 2. The van der Waals surface area contributed by atoms with Gasteiger partial charge in [0.1, 0.15) is 0 Å². The number of hydrogen-bond donors (Lipinski definition) is 4. The van der Waals surface area contributed by atoms with Crippen LogP contribution in [0, 0.1) is 0 Å². The molecule has 0 aliphatic rings. The lowest BCUT2D eigenvalue weighted by atomic mass is 9.94. The summed E-state index contributed by atoms with van der Waals surface area (Å²) in [6.45, 7) is 0.113. The summed E-state index contributed by atoms with van der Waals surface area (Å²) in [4.78, 5) is 39.7. The van der Waals surface area contributed by atoms with Gasteiger partial charge in [-0.3, -0.25) is 14.4 Å². The van der Waals surface area contributed by atoms with Crippen molar-refractivity contribution in [1.29, 1.82) is 0 Å². The van der Waals surface area contributed by atoms with Crippen LogP contribution in [0.4, 0.5) is 0 Å². The quantitative estimate of drug-likeness (QED) is 0.522. The molecule has 0 bridgehead atoms. The number of nitrogens with two attached hydrogens (primary N) is 2. The first-order chi connectivity index (χ1) is 11.0. The van der Waals surface area contributed by atoms with Gasteiger partial charge in [-0.2, -0.15) is 0 Å². The summed E-state index contributed by atoms with van der Waals surface area (Å²) in [5.74, 6) is -0.557. The zero-order chi connectivity index (χ0) is 16.6. The molecule has 0 saturated carbocycles. The number of primary amides is 1. The number of amides is 1. The van der Waals surface area contributed by atoms with Crippen molar-refractivity contribution in [1.82, 2.24) is 9.97 Å². The summed E-state index contributed by atoms with van der Waals surface area (Å²) in [6.07, 6.45) is 0. The fourth-order valence-corrected chi connectivity index (χ4v) is 2.64. The van der Waals surface area contributed by atoms with Gasteiger partial charge in [0.05, 0.1) is 11.0 Å². The number of benzene rings is 2. The van der Waals surface area contributed by atoms with Gasteiger partial charge in [-0.05, 0) is 28.8 Å². The van der Waals surface area contributed by atoms with Crippen LogP contribution in [0.2, 0.25) is 0 Å². The molecule has 116 valence electrons. The van der Waals surface area contributed by atoms with Gasteiger partial charge in [-0.1, -0.05) is 24.3 Å². The average Bonchev–Trinajstić information content (AvgIpc) is 2.55. The van der Waals surface area contributed by atoms with Crippen molar-refractivity contribution in [3.05, 3.63) is 68.2 Å². The summed E-state index contributed by atoms with van der Waals surface area (Å²) >= 11 is 0. The fourth-order valence-electron chi connectivity index (χ4n) is 2.64. The van der Waals surface area contributed by atoms with Crippen LogP contribution in [-0.2, 0) is 6.54 Å². The fraction of sp³-hybridized carbons (Fsp3) is 0.0625. The van der Waals surface area contributed by atoms with Crippen molar-refractivity contribution in [2.75, 3.05) is 0 Å². The predicted molar refractivity (Wildman–Crippen MR) is 87.0 cm³/mol. The summed E-state index contributed by atoms with van der Waals surface area (Å²) in [6, 6.07) is 10.3. The molecule has 0 spiro atoms.